The predicted octanol–water partition coefficient (Wildman–Crippen LogP) is 1.16. The minimum atomic E-state index is -0.593. The van der Waals surface area contributed by atoms with Gasteiger partial charge in [0, 0.05) is 51.6 Å². The van der Waals surface area contributed by atoms with Crippen LogP contribution in [0.2, 0.25) is 0 Å². The lowest BCUT2D eigenvalue weighted by Gasteiger charge is -2.12. The summed E-state index contributed by atoms with van der Waals surface area (Å²) in [5.41, 5.74) is 0. The Kier molecular flexibility index (Phi) is 21.1. The van der Waals surface area contributed by atoms with Crippen molar-refractivity contribution < 1.29 is 62.2 Å². The molecule has 2 saturated heterocycles. The Balaban J connectivity index is 1.26. The van der Waals surface area contributed by atoms with Crippen LogP contribution in [0.25, 0.3) is 0 Å². The van der Waals surface area contributed by atoms with Crippen molar-refractivity contribution >= 4 is 47.4 Å². The third-order valence-electron chi connectivity index (χ3n) is 7.37. The zero-order valence-electron chi connectivity index (χ0n) is 28.2. The lowest BCUT2D eigenvalue weighted by atomic mass is 10.1. The van der Waals surface area contributed by atoms with Crippen LogP contribution in [0.3, 0.4) is 0 Å². The lowest BCUT2D eigenvalue weighted by molar-refractivity contribution is -0.197. The van der Waals surface area contributed by atoms with Crippen molar-refractivity contribution in [3.8, 4) is 0 Å². The maximum atomic E-state index is 11.8. The quantitative estimate of drug-likeness (QED) is 0.0868. The Morgan fingerprint density at radius 1 is 0.469 bits per heavy atom. The molecule has 0 aromatic rings. The molecule has 0 aromatic heterocycles. The van der Waals surface area contributed by atoms with Crippen molar-refractivity contribution in [3.05, 3.63) is 0 Å². The van der Waals surface area contributed by atoms with Crippen LogP contribution in [-0.4, -0.2) is 110 Å². The van der Waals surface area contributed by atoms with Crippen LogP contribution in [0.1, 0.15) is 103 Å². The minimum Gasteiger partial charge on any atom is -0.377 e. The van der Waals surface area contributed by atoms with Gasteiger partial charge in [0.05, 0.1) is 26.4 Å². The Morgan fingerprint density at radius 3 is 1.18 bits per heavy atom. The number of nitrogens with zero attached hydrogens (tertiary/aromatic N) is 2. The monoisotopic (exact) mass is 698 g/mol. The minimum absolute atomic E-state index is 0.0702. The fourth-order valence-corrected chi connectivity index (χ4v) is 4.69. The Labute approximate surface area is 285 Å². The number of carbonyl (C=O) groups is 8. The second kappa shape index (κ2) is 25.1. The normalized spacial score (nSPS) is 14.4. The summed E-state index contributed by atoms with van der Waals surface area (Å²) in [5.74, 6) is -3.59. The van der Waals surface area contributed by atoms with Crippen LogP contribution in [0.5, 0.6) is 0 Å². The van der Waals surface area contributed by atoms with Gasteiger partial charge in [-0.2, -0.15) is 0 Å². The molecule has 0 aliphatic carbocycles. The third-order valence-corrected chi connectivity index (χ3v) is 7.37. The third kappa shape index (κ3) is 19.0. The summed E-state index contributed by atoms with van der Waals surface area (Å²) in [7, 11) is 0. The zero-order chi connectivity index (χ0) is 35.7. The van der Waals surface area contributed by atoms with Crippen LogP contribution in [-0.2, 0) is 62.2 Å². The SMILES string of the molecule is O=C(COCCOCCOCC(=O)NCCCCCCCC(=O)ON1C(=O)CCC1=O)NCCCCCCCC(=O)ON1C(=O)CCC1=O. The summed E-state index contributed by atoms with van der Waals surface area (Å²) < 4.78 is 15.9. The van der Waals surface area contributed by atoms with Gasteiger partial charge in [-0.1, -0.05) is 38.5 Å². The summed E-state index contributed by atoms with van der Waals surface area (Å²) in [4.78, 5) is 103. The van der Waals surface area contributed by atoms with Gasteiger partial charge in [-0.15, -0.1) is 10.1 Å². The molecule has 0 aromatic carbocycles. The zero-order valence-corrected chi connectivity index (χ0v) is 28.2. The van der Waals surface area contributed by atoms with E-state index in [0.717, 1.165) is 51.4 Å². The Morgan fingerprint density at radius 2 is 0.796 bits per heavy atom. The maximum Gasteiger partial charge on any atom is 0.333 e. The van der Waals surface area contributed by atoms with Crippen molar-refractivity contribution in [2.45, 2.75) is 103 Å². The molecule has 2 fully saturated rings. The van der Waals surface area contributed by atoms with Gasteiger partial charge >= 0.3 is 11.9 Å². The topological polar surface area (TPSA) is 213 Å². The van der Waals surface area contributed by atoms with E-state index in [1.54, 1.807) is 0 Å². The second-order valence-electron chi connectivity index (χ2n) is 11.5. The molecule has 276 valence electrons. The van der Waals surface area contributed by atoms with Crippen molar-refractivity contribution in [3.63, 3.8) is 0 Å². The van der Waals surface area contributed by atoms with E-state index in [9.17, 15) is 38.4 Å². The van der Waals surface area contributed by atoms with Crippen LogP contribution in [0, 0.1) is 0 Å². The Hall–Kier alpha value is -3.96. The number of unbranched alkanes of at least 4 members (excludes halogenated alkanes) is 8. The molecule has 17 nitrogen and oxygen atoms in total. The first-order chi connectivity index (χ1) is 23.7. The van der Waals surface area contributed by atoms with E-state index >= 15 is 0 Å². The molecule has 0 saturated carbocycles. The van der Waals surface area contributed by atoms with Crippen LogP contribution < -0.4 is 10.6 Å². The van der Waals surface area contributed by atoms with Gasteiger partial charge < -0.3 is 34.5 Å². The largest absolute Gasteiger partial charge is 0.377 e. The van der Waals surface area contributed by atoms with Gasteiger partial charge in [0.15, 0.2) is 0 Å². The second-order valence-corrected chi connectivity index (χ2v) is 11.5. The number of nitrogens with one attached hydrogen (secondary N) is 2. The van der Waals surface area contributed by atoms with Crippen molar-refractivity contribution in [2.75, 3.05) is 52.7 Å². The fraction of sp³-hybridized carbons (Fsp3) is 0.750. The molecule has 17 heteroatoms. The van der Waals surface area contributed by atoms with Gasteiger partial charge in [0.25, 0.3) is 23.6 Å². The highest BCUT2D eigenvalue weighted by Crippen LogP contribution is 2.15. The maximum absolute atomic E-state index is 11.8. The molecular formula is C32H50N4O13. The summed E-state index contributed by atoms with van der Waals surface area (Å²) >= 11 is 0. The average Bonchev–Trinajstić information content (AvgIpc) is 3.56. The summed E-state index contributed by atoms with van der Waals surface area (Å²) in [6.07, 6.45) is 8.35. The van der Waals surface area contributed by atoms with E-state index in [1.807, 2.05) is 0 Å². The molecule has 2 aliphatic heterocycles. The summed E-state index contributed by atoms with van der Waals surface area (Å²) in [5, 5.41) is 6.66. The first-order valence-electron chi connectivity index (χ1n) is 17.1. The van der Waals surface area contributed by atoms with E-state index in [-0.39, 0.29) is 90.0 Å². The Bertz CT molecular complexity index is 1000. The van der Waals surface area contributed by atoms with E-state index in [1.165, 1.54) is 0 Å². The molecule has 2 N–H and O–H groups in total. The molecule has 0 spiro atoms. The van der Waals surface area contributed by atoms with Crippen LogP contribution in [0.15, 0.2) is 0 Å². The number of ether oxygens (including phenoxy) is 3. The molecular weight excluding hydrogens is 648 g/mol. The first-order valence-corrected chi connectivity index (χ1v) is 17.1. The summed E-state index contributed by atoms with van der Waals surface area (Å²) in [6, 6.07) is 0. The average molecular weight is 699 g/mol. The highest BCUT2D eigenvalue weighted by atomic mass is 16.7. The predicted molar refractivity (Wildman–Crippen MR) is 168 cm³/mol. The van der Waals surface area contributed by atoms with E-state index < -0.39 is 35.6 Å². The smallest absolute Gasteiger partial charge is 0.333 e. The molecule has 49 heavy (non-hydrogen) atoms. The van der Waals surface area contributed by atoms with Gasteiger partial charge in [0.1, 0.15) is 13.2 Å². The standard InChI is InChI=1S/C32H50N4O13/c37-25(33-17-9-5-1-3-7-11-31(43)48-35-27(39)13-14-28(35)40)23-46-21-19-45-20-22-47-24-26(38)34-18-10-6-2-4-8-12-32(44)49-36-29(41)15-16-30(36)42/h1-24H2,(H,33,37)(H,34,38). The van der Waals surface area contributed by atoms with E-state index in [2.05, 4.69) is 10.6 Å². The highest BCUT2D eigenvalue weighted by Gasteiger charge is 2.33. The number of hydroxylamine groups is 4. The van der Waals surface area contributed by atoms with E-state index in [0.29, 0.717) is 36.1 Å². The molecule has 2 rings (SSSR count). The van der Waals surface area contributed by atoms with Gasteiger partial charge in [-0.3, -0.25) is 28.8 Å². The lowest BCUT2D eigenvalue weighted by Crippen LogP contribution is -2.31. The number of rotatable bonds is 28. The fourth-order valence-electron chi connectivity index (χ4n) is 4.69. The first kappa shape index (κ1) is 41.2. The van der Waals surface area contributed by atoms with Crippen molar-refractivity contribution in [1.29, 1.82) is 0 Å². The molecule has 0 bridgehead atoms. The number of carbonyl (C=O) groups excluding carboxylic acids is 8. The number of hydrogen-bond donors (Lipinski definition) is 2. The molecule has 0 atom stereocenters. The van der Waals surface area contributed by atoms with Crippen LogP contribution >= 0.6 is 0 Å². The van der Waals surface area contributed by atoms with Gasteiger partial charge in [-0.25, -0.2) is 9.59 Å². The van der Waals surface area contributed by atoms with Gasteiger partial charge in [-0.05, 0) is 25.7 Å². The van der Waals surface area contributed by atoms with Crippen molar-refractivity contribution in [1.82, 2.24) is 20.8 Å². The van der Waals surface area contributed by atoms with Crippen LogP contribution in [0.4, 0.5) is 0 Å². The molecule has 0 radical (unpaired) electrons. The number of imide groups is 2. The summed E-state index contributed by atoms with van der Waals surface area (Å²) in [6.45, 7) is 1.90. The number of hydrogen-bond acceptors (Lipinski definition) is 13. The number of amides is 6. The van der Waals surface area contributed by atoms with E-state index in [4.69, 9.17) is 23.9 Å². The molecule has 2 aliphatic rings. The highest BCUT2D eigenvalue weighted by molar-refractivity contribution is 6.02. The molecule has 0 unspecified atom stereocenters. The molecule has 2 heterocycles. The van der Waals surface area contributed by atoms with Gasteiger partial charge in [0.2, 0.25) is 11.8 Å². The molecule has 6 amide bonds. The van der Waals surface area contributed by atoms with Crippen molar-refractivity contribution in [2.24, 2.45) is 0 Å².